The zero-order valence-corrected chi connectivity index (χ0v) is 10.3. The molecule has 6 heteroatoms. The van der Waals surface area contributed by atoms with Gasteiger partial charge in [-0.25, -0.2) is 4.98 Å². The maximum atomic E-state index is 5.57. The van der Waals surface area contributed by atoms with E-state index in [2.05, 4.69) is 20.2 Å². The summed E-state index contributed by atoms with van der Waals surface area (Å²) in [5.41, 5.74) is 7.32. The average molecular weight is 257 g/mol. The number of thiophene rings is 1. The number of aromatic amines is 1. The van der Waals surface area contributed by atoms with E-state index in [-0.39, 0.29) is 0 Å². The lowest BCUT2D eigenvalue weighted by molar-refractivity contribution is 0.989. The molecule has 3 heterocycles. The highest BCUT2D eigenvalue weighted by molar-refractivity contribution is 7.13. The number of nitrogens with one attached hydrogen (secondary N) is 1. The second-order valence-electron chi connectivity index (χ2n) is 3.72. The van der Waals surface area contributed by atoms with Gasteiger partial charge in [-0.3, -0.25) is 10.1 Å². The first-order valence-electron chi connectivity index (χ1n) is 5.48. The molecule has 3 N–H and O–H groups in total. The summed E-state index contributed by atoms with van der Waals surface area (Å²) in [6, 6.07) is 7.77. The van der Waals surface area contributed by atoms with Gasteiger partial charge in [0.2, 0.25) is 0 Å². The summed E-state index contributed by atoms with van der Waals surface area (Å²) in [6.45, 7) is 0.413. The van der Waals surface area contributed by atoms with Crippen LogP contribution in [0, 0.1) is 0 Å². The van der Waals surface area contributed by atoms with Crippen molar-refractivity contribution in [1.29, 1.82) is 0 Å². The minimum atomic E-state index is 0.413. The number of aromatic nitrogens is 4. The zero-order chi connectivity index (χ0) is 12.4. The van der Waals surface area contributed by atoms with E-state index in [1.54, 1.807) is 17.5 Å². The summed E-state index contributed by atoms with van der Waals surface area (Å²) in [6.07, 6.45) is 1.72. The topological polar surface area (TPSA) is 80.5 Å². The van der Waals surface area contributed by atoms with Gasteiger partial charge in [0.15, 0.2) is 11.6 Å². The standard InChI is InChI=1S/C12H11N5S/c13-7-9-6-8(3-4-14-9)11-15-12(17-16-11)10-2-1-5-18-10/h1-6H,7,13H2,(H,15,16,17). The fourth-order valence-electron chi connectivity index (χ4n) is 1.64. The molecule has 18 heavy (non-hydrogen) atoms. The van der Waals surface area contributed by atoms with Gasteiger partial charge >= 0.3 is 0 Å². The Morgan fingerprint density at radius 1 is 1.33 bits per heavy atom. The summed E-state index contributed by atoms with van der Waals surface area (Å²) in [5.74, 6) is 1.45. The summed E-state index contributed by atoms with van der Waals surface area (Å²) in [4.78, 5) is 9.70. The van der Waals surface area contributed by atoms with E-state index in [9.17, 15) is 0 Å². The molecule has 0 bridgehead atoms. The van der Waals surface area contributed by atoms with Crippen molar-refractivity contribution in [3.63, 3.8) is 0 Å². The summed E-state index contributed by atoms with van der Waals surface area (Å²) >= 11 is 1.63. The largest absolute Gasteiger partial charge is 0.325 e. The molecule has 0 fully saturated rings. The molecule has 90 valence electrons. The molecule has 0 atom stereocenters. The van der Waals surface area contributed by atoms with Gasteiger partial charge in [0.05, 0.1) is 10.6 Å². The van der Waals surface area contributed by atoms with Crippen molar-refractivity contribution in [3.05, 3.63) is 41.5 Å². The number of nitrogens with zero attached hydrogens (tertiary/aromatic N) is 3. The fraction of sp³-hybridized carbons (Fsp3) is 0.0833. The lowest BCUT2D eigenvalue weighted by atomic mass is 10.2. The molecule has 0 aromatic carbocycles. The molecular weight excluding hydrogens is 246 g/mol. The van der Waals surface area contributed by atoms with Gasteiger partial charge in [-0.2, -0.15) is 5.10 Å². The maximum absolute atomic E-state index is 5.57. The summed E-state index contributed by atoms with van der Waals surface area (Å²) in [5, 5.41) is 9.17. The summed E-state index contributed by atoms with van der Waals surface area (Å²) < 4.78 is 0. The Bertz CT molecular complexity index is 644. The van der Waals surface area contributed by atoms with Crippen molar-refractivity contribution >= 4 is 11.3 Å². The number of hydrogen-bond acceptors (Lipinski definition) is 5. The van der Waals surface area contributed by atoms with Crippen LogP contribution in [0.2, 0.25) is 0 Å². The van der Waals surface area contributed by atoms with E-state index in [0.717, 1.165) is 22.0 Å². The van der Waals surface area contributed by atoms with Crippen LogP contribution >= 0.6 is 11.3 Å². The van der Waals surface area contributed by atoms with Crippen LogP contribution in [0.3, 0.4) is 0 Å². The van der Waals surface area contributed by atoms with Crippen molar-refractivity contribution in [2.45, 2.75) is 6.54 Å². The van der Waals surface area contributed by atoms with E-state index in [0.29, 0.717) is 12.4 Å². The molecular formula is C12H11N5S. The van der Waals surface area contributed by atoms with Crippen molar-refractivity contribution < 1.29 is 0 Å². The maximum Gasteiger partial charge on any atom is 0.181 e. The van der Waals surface area contributed by atoms with Crippen molar-refractivity contribution in [3.8, 4) is 22.1 Å². The van der Waals surface area contributed by atoms with Gasteiger partial charge in [-0.1, -0.05) is 6.07 Å². The summed E-state index contributed by atoms with van der Waals surface area (Å²) in [7, 11) is 0. The Kier molecular flexibility index (Phi) is 2.87. The lowest BCUT2D eigenvalue weighted by Crippen LogP contribution is -1.99. The van der Waals surface area contributed by atoms with Crippen molar-refractivity contribution in [2.75, 3.05) is 0 Å². The van der Waals surface area contributed by atoms with Gasteiger partial charge in [-0.05, 0) is 23.6 Å². The van der Waals surface area contributed by atoms with Crippen LogP contribution in [0.25, 0.3) is 22.1 Å². The highest BCUT2D eigenvalue weighted by Gasteiger charge is 2.08. The Hall–Kier alpha value is -2.05. The lowest BCUT2D eigenvalue weighted by Gasteiger charge is -1.97. The van der Waals surface area contributed by atoms with Crippen LogP contribution in [0.1, 0.15) is 5.69 Å². The molecule has 3 rings (SSSR count). The van der Waals surface area contributed by atoms with Gasteiger partial charge in [0.25, 0.3) is 0 Å². The molecule has 0 saturated carbocycles. The Labute approximate surface area is 108 Å². The third-order valence-corrected chi connectivity index (χ3v) is 3.40. The number of rotatable bonds is 3. The molecule has 0 aliphatic carbocycles. The second kappa shape index (κ2) is 4.67. The van der Waals surface area contributed by atoms with Crippen LogP contribution in [0.4, 0.5) is 0 Å². The number of nitrogens with two attached hydrogens (primary N) is 1. The van der Waals surface area contributed by atoms with E-state index >= 15 is 0 Å². The van der Waals surface area contributed by atoms with Crippen LogP contribution in [-0.4, -0.2) is 20.2 Å². The Morgan fingerprint density at radius 2 is 2.28 bits per heavy atom. The van der Waals surface area contributed by atoms with Gasteiger partial charge in [-0.15, -0.1) is 11.3 Å². The van der Waals surface area contributed by atoms with E-state index < -0.39 is 0 Å². The zero-order valence-electron chi connectivity index (χ0n) is 9.50. The Balaban J connectivity index is 1.97. The number of hydrogen-bond donors (Lipinski definition) is 2. The first-order chi connectivity index (χ1) is 8.86. The molecule has 3 aromatic rings. The van der Waals surface area contributed by atoms with Crippen LogP contribution < -0.4 is 5.73 Å². The first kappa shape index (κ1) is 11.1. The second-order valence-corrected chi connectivity index (χ2v) is 4.67. The SMILES string of the molecule is NCc1cc(-c2n[nH]c(-c3cccs3)n2)ccn1. The highest BCUT2D eigenvalue weighted by Crippen LogP contribution is 2.23. The Morgan fingerprint density at radius 3 is 3.06 bits per heavy atom. The molecule has 0 radical (unpaired) electrons. The van der Waals surface area contributed by atoms with Crippen LogP contribution in [-0.2, 0) is 6.54 Å². The third kappa shape index (κ3) is 2.03. The molecule has 5 nitrogen and oxygen atoms in total. The van der Waals surface area contributed by atoms with Crippen LogP contribution in [0.15, 0.2) is 35.8 Å². The van der Waals surface area contributed by atoms with Gasteiger partial charge in [0, 0.05) is 18.3 Å². The third-order valence-electron chi connectivity index (χ3n) is 2.52. The minimum absolute atomic E-state index is 0.413. The molecule has 0 saturated heterocycles. The van der Waals surface area contributed by atoms with Crippen LogP contribution in [0.5, 0.6) is 0 Å². The molecule has 0 aliphatic rings. The van der Waals surface area contributed by atoms with E-state index in [1.165, 1.54) is 0 Å². The quantitative estimate of drug-likeness (QED) is 0.752. The van der Waals surface area contributed by atoms with Crippen molar-refractivity contribution in [1.82, 2.24) is 20.2 Å². The number of H-pyrrole nitrogens is 1. The predicted octanol–water partition coefficient (Wildman–Crippen LogP) is 2.05. The highest BCUT2D eigenvalue weighted by atomic mass is 32.1. The van der Waals surface area contributed by atoms with E-state index in [1.807, 2.05) is 29.6 Å². The van der Waals surface area contributed by atoms with E-state index in [4.69, 9.17) is 5.73 Å². The average Bonchev–Trinajstić information content (AvgIpc) is 3.09. The van der Waals surface area contributed by atoms with Crippen molar-refractivity contribution in [2.24, 2.45) is 5.73 Å². The monoisotopic (exact) mass is 257 g/mol. The smallest absolute Gasteiger partial charge is 0.181 e. The predicted molar refractivity (Wildman–Crippen MR) is 70.8 cm³/mol. The molecule has 3 aromatic heterocycles. The van der Waals surface area contributed by atoms with Gasteiger partial charge in [0.1, 0.15) is 0 Å². The van der Waals surface area contributed by atoms with Gasteiger partial charge < -0.3 is 5.73 Å². The molecule has 0 spiro atoms. The normalized spacial score (nSPS) is 10.7. The number of pyridine rings is 1. The minimum Gasteiger partial charge on any atom is -0.325 e. The fourth-order valence-corrected chi connectivity index (χ4v) is 2.31. The molecule has 0 unspecified atom stereocenters. The molecule has 0 amide bonds. The first-order valence-corrected chi connectivity index (χ1v) is 6.36. The molecule has 0 aliphatic heterocycles.